The summed E-state index contributed by atoms with van der Waals surface area (Å²) in [5.74, 6) is -0.627. The molecule has 3 rings (SSSR count). The molecule has 0 fully saturated rings. The van der Waals surface area contributed by atoms with Crippen molar-refractivity contribution in [1.82, 2.24) is 4.98 Å². The number of anilines is 1. The first-order valence-corrected chi connectivity index (χ1v) is 8.36. The Morgan fingerprint density at radius 3 is 2.00 bits per heavy atom. The number of esters is 1. The van der Waals surface area contributed by atoms with Gasteiger partial charge in [0, 0.05) is 6.20 Å². The van der Waals surface area contributed by atoms with Gasteiger partial charge in [0.1, 0.15) is 13.2 Å². The van der Waals surface area contributed by atoms with Crippen LogP contribution < -0.4 is 5.32 Å². The number of hydrogen-bond acceptors (Lipinski definition) is 5. The van der Waals surface area contributed by atoms with Crippen LogP contribution in [0.15, 0.2) is 79.0 Å². The highest BCUT2D eigenvalue weighted by molar-refractivity contribution is 5.97. The van der Waals surface area contributed by atoms with Crippen LogP contribution >= 0.6 is 0 Å². The molecule has 0 saturated heterocycles. The van der Waals surface area contributed by atoms with Crippen molar-refractivity contribution < 1.29 is 19.1 Å². The van der Waals surface area contributed by atoms with E-state index in [2.05, 4.69) is 10.3 Å². The predicted octanol–water partition coefficient (Wildman–Crippen LogP) is 4.19. The molecular weight excluding hydrogens is 344 g/mol. The zero-order chi connectivity index (χ0) is 18.9. The minimum atomic E-state index is -0.677. The van der Waals surface area contributed by atoms with Crippen LogP contribution in [0.2, 0.25) is 0 Å². The molecule has 1 heterocycles. The summed E-state index contributed by atoms with van der Waals surface area (Å²) < 4.78 is 10.4. The van der Waals surface area contributed by atoms with E-state index in [1.54, 1.807) is 12.1 Å². The molecule has 1 aromatic heterocycles. The molecule has 0 atom stereocenters. The Kier molecular flexibility index (Phi) is 6.14. The van der Waals surface area contributed by atoms with Crippen LogP contribution in [-0.4, -0.2) is 17.0 Å². The van der Waals surface area contributed by atoms with Gasteiger partial charge in [-0.3, -0.25) is 5.32 Å². The molecule has 0 aliphatic carbocycles. The number of hydrogen-bond donors (Lipinski definition) is 1. The van der Waals surface area contributed by atoms with Gasteiger partial charge in [0.15, 0.2) is 5.69 Å². The zero-order valence-electron chi connectivity index (χ0n) is 14.5. The second-order valence-corrected chi connectivity index (χ2v) is 5.65. The lowest BCUT2D eigenvalue weighted by Crippen LogP contribution is -2.17. The van der Waals surface area contributed by atoms with Crippen molar-refractivity contribution in [2.75, 3.05) is 5.32 Å². The molecule has 2 aromatic carbocycles. The van der Waals surface area contributed by atoms with Crippen LogP contribution in [-0.2, 0) is 22.7 Å². The molecule has 0 bridgehead atoms. The number of nitrogens with zero attached hydrogens (tertiary/aromatic N) is 1. The average Bonchev–Trinajstić information content (AvgIpc) is 2.72. The van der Waals surface area contributed by atoms with E-state index < -0.39 is 12.1 Å². The molecule has 1 N–H and O–H groups in total. The Bertz CT molecular complexity index is 898. The number of amides is 1. The topological polar surface area (TPSA) is 77.5 Å². The molecule has 0 saturated carbocycles. The number of carbonyl (C=O) groups is 2. The van der Waals surface area contributed by atoms with Crippen LogP contribution in [0, 0.1) is 0 Å². The predicted molar refractivity (Wildman–Crippen MR) is 100 cm³/mol. The van der Waals surface area contributed by atoms with E-state index >= 15 is 0 Å². The lowest BCUT2D eigenvalue weighted by atomic mass is 10.2. The van der Waals surface area contributed by atoms with Crippen LogP contribution in [0.3, 0.4) is 0 Å². The summed E-state index contributed by atoms with van der Waals surface area (Å²) in [6, 6.07) is 21.8. The van der Waals surface area contributed by atoms with E-state index in [0.717, 1.165) is 11.1 Å². The summed E-state index contributed by atoms with van der Waals surface area (Å²) in [5, 5.41) is 2.54. The third-order valence-corrected chi connectivity index (χ3v) is 3.66. The summed E-state index contributed by atoms with van der Waals surface area (Å²) in [6.07, 6.45) is 0.781. The Morgan fingerprint density at radius 1 is 0.778 bits per heavy atom. The maximum atomic E-state index is 12.3. The van der Waals surface area contributed by atoms with Crippen molar-refractivity contribution in [3.63, 3.8) is 0 Å². The number of nitrogens with one attached hydrogen (secondary N) is 1. The Hall–Kier alpha value is -3.67. The minimum Gasteiger partial charge on any atom is -0.456 e. The van der Waals surface area contributed by atoms with Gasteiger partial charge >= 0.3 is 12.1 Å². The van der Waals surface area contributed by atoms with Crippen molar-refractivity contribution in [3.8, 4) is 0 Å². The van der Waals surface area contributed by atoms with E-state index in [-0.39, 0.29) is 24.6 Å². The first kappa shape index (κ1) is 18.1. The molecule has 0 aliphatic heterocycles. The Morgan fingerprint density at radius 2 is 1.37 bits per heavy atom. The quantitative estimate of drug-likeness (QED) is 0.666. The fourth-order valence-corrected chi connectivity index (χ4v) is 2.33. The fraction of sp³-hybridized carbons (Fsp3) is 0.0952. The summed E-state index contributed by atoms with van der Waals surface area (Å²) in [6.45, 7) is 0.245. The van der Waals surface area contributed by atoms with Crippen molar-refractivity contribution >= 4 is 17.7 Å². The maximum Gasteiger partial charge on any atom is 0.412 e. The van der Waals surface area contributed by atoms with Crippen molar-refractivity contribution in [3.05, 3.63) is 95.8 Å². The fourth-order valence-electron chi connectivity index (χ4n) is 2.33. The molecule has 6 nitrogen and oxygen atoms in total. The zero-order valence-corrected chi connectivity index (χ0v) is 14.5. The summed E-state index contributed by atoms with van der Waals surface area (Å²) in [7, 11) is 0. The summed E-state index contributed by atoms with van der Waals surface area (Å²) >= 11 is 0. The van der Waals surface area contributed by atoms with Gasteiger partial charge < -0.3 is 9.47 Å². The highest BCUT2D eigenvalue weighted by Crippen LogP contribution is 2.15. The van der Waals surface area contributed by atoms with Crippen molar-refractivity contribution in [1.29, 1.82) is 0 Å². The molecule has 0 aliphatic rings. The Balaban J connectivity index is 1.59. The Labute approximate surface area is 156 Å². The van der Waals surface area contributed by atoms with Gasteiger partial charge in [0.05, 0.1) is 5.69 Å². The smallest absolute Gasteiger partial charge is 0.412 e. The second-order valence-electron chi connectivity index (χ2n) is 5.65. The summed E-state index contributed by atoms with van der Waals surface area (Å²) in [4.78, 5) is 28.4. The number of pyridine rings is 1. The minimum absolute atomic E-state index is 0.0186. The number of ether oxygens (including phenoxy) is 2. The van der Waals surface area contributed by atoms with Gasteiger partial charge in [-0.05, 0) is 23.3 Å². The van der Waals surface area contributed by atoms with Gasteiger partial charge in [-0.15, -0.1) is 0 Å². The van der Waals surface area contributed by atoms with E-state index in [4.69, 9.17) is 9.47 Å². The van der Waals surface area contributed by atoms with Crippen LogP contribution in [0.1, 0.15) is 21.6 Å². The number of carbonyl (C=O) groups excluding carboxylic acids is 2. The largest absolute Gasteiger partial charge is 0.456 e. The van der Waals surface area contributed by atoms with E-state index in [9.17, 15) is 9.59 Å². The third-order valence-electron chi connectivity index (χ3n) is 3.66. The van der Waals surface area contributed by atoms with Crippen molar-refractivity contribution in [2.45, 2.75) is 13.2 Å². The van der Waals surface area contributed by atoms with E-state index in [1.807, 2.05) is 60.7 Å². The van der Waals surface area contributed by atoms with Crippen LogP contribution in [0.4, 0.5) is 10.5 Å². The highest BCUT2D eigenvalue weighted by atomic mass is 16.5. The molecule has 0 unspecified atom stereocenters. The maximum absolute atomic E-state index is 12.3. The van der Waals surface area contributed by atoms with Crippen molar-refractivity contribution in [2.24, 2.45) is 0 Å². The SMILES string of the molecule is O=C(Nc1cccnc1C(=O)OCc1ccccc1)OCc1ccccc1. The lowest BCUT2D eigenvalue weighted by Gasteiger charge is -2.10. The number of aromatic nitrogens is 1. The first-order valence-electron chi connectivity index (χ1n) is 8.36. The molecule has 6 heteroatoms. The van der Waals surface area contributed by atoms with Gasteiger partial charge in [0.2, 0.25) is 0 Å². The standard InChI is InChI=1S/C21H18N2O4/c24-20(26-14-16-8-3-1-4-9-16)19-18(12-7-13-22-19)23-21(25)27-15-17-10-5-2-6-11-17/h1-13H,14-15H2,(H,23,25). The molecule has 0 radical (unpaired) electrons. The molecular formula is C21H18N2O4. The molecule has 136 valence electrons. The molecule has 1 amide bonds. The lowest BCUT2D eigenvalue weighted by molar-refractivity contribution is 0.0467. The van der Waals surface area contributed by atoms with E-state index in [1.165, 1.54) is 6.20 Å². The molecule has 27 heavy (non-hydrogen) atoms. The van der Waals surface area contributed by atoms with Gasteiger partial charge in [0.25, 0.3) is 0 Å². The van der Waals surface area contributed by atoms with Gasteiger partial charge in [-0.2, -0.15) is 0 Å². The van der Waals surface area contributed by atoms with Gasteiger partial charge in [-0.25, -0.2) is 14.6 Å². The van der Waals surface area contributed by atoms with Gasteiger partial charge in [-0.1, -0.05) is 60.7 Å². The summed E-state index contributed by atoms with van der Waals surface area (Å²) in [5.41, 5.74) is 1.97. The monoisotopic (exact) mass is 362 g/mol. The third kappa shape index (κ3) is 5.40. The first-order chi connectivity index (χ1) is 13.2. The van der Waals surface area contributed by atoms with Crippen LogP contribution in [0.25, 0.3) is 0 Å². The second kappa shape index (κ2) is 9.15. The van der Waals surface area contributed by atoms with E-state index in [0.29, 0.717) is 0 Å². The number of benzene rings is 2. The number of rotatable bonds is 6. The van der Waals surface area contributed by atoms with Crippen LogP contribution in [0.5, 0.6) is 0 Å². The normalized spacial score (nSPS) is 10.1. The molecule has 3 aromatic rings. The molecule has 0 spiro atoms. The highest BCUT2D eigenvalue weighted by Gasteiger charge is 2.17. The average molecular weight is 362 g/mol.